The molecule has 0 unspecified atom stereocenters. The van der Waals surface area contributed by atoms with Crippen LogP contribution >= 0.6 is 0 Å². The second kappa shape index (κ2) is 6.85. The van der Waals surface area contributed by atoms with Gasteiger partial charge in [0.05, 0.1) is 19.4 Å². The van der Waals surface area contributed by atoms with Gasteiger partial charge in [-0.3, -0.25) is 9.59 Å². The number of rotatable bonds is 7. The van der Waals surface area contributed by atoms with Gasteiger partial charge in [0.15, 0.2) is 6.29 Å². The Kier molecular flexibility index (Phi) is 5.42. The van der Waals surface area contributed by atoms with Crippen LogP contribution in [0.4, 0.5) is 0 Å². The third-order valence-electron chi connectivity index (χ3n) is 2.51. The van der Waals surface area contributed by atoms with E-state index in [1.807, 2.05) is 10.6 Å². The molecule has 1 aromatic rings. The number of hydrogen-bond donors (Lipinski definition) is 0. The molecule has 5 nitrogen and oxygen atoms in total. The summed E-state index contributed by atoms with van der Waals surface area (Å²) in [6, 6.07) is 3.60. The van der Waals surface area contributed by atoms with E-state index in [-0.39, 0.29) is 5.97 Å². The highest BCUT2D eigenvalue weighted by Gasteiger charge is 2.08. The average molecular weight is 239 g/mol. The molecule has 1 aromatic heterocycles. The molecule has 1 heterocycles. The molecule has 1 rings (SSSR count). The highest BCUT2D eigenvalue weighted by molar-refractivity contribution is 5.72. The molecule has 0 N–H and O–H groups in total. The van der Waals surface area contributed by atoms with E-state index in [0.717, 1.165) is 12.0 Å². The Hall–Kier alpha value is -1.62. The molecule has 0 saturated carbocycles. The van der Waals surface area contributed by atoms with Crippen molar-refractivity contribution in [3.05, 3.63) is 23.5 Å². The fourth-order valence-electron chi connectivity index (χ4n) is 1.66. The van der Waals surface area contributed by atoms with Crippen LogP contribution in [0.25, 0.3) is 0 Å². The van der Waals surface area contributed by atoms with Crippen LogP contribution in [0.15, 0.2) is 12.1 Å². The summed E-state index contributed by atoms with van der Waals surface area (Å²) in [6.45, 7) is 1.06. The lowest BCUT2D eigenvalue weighted by molar-refractivity contribution is -0.140. The Bertz CT molecular complexity index is 384. The maximum Gasteiger partial charge on any atom is 0.305 e. The number of carbonyl (C=O) groups excluding carboxylic acids is 2. The van der Waals surface area contributed by atoms with Gasteiger partial charge in [0.1, 0.15) is 0 Å². The summed E-state index contributed by atoms with van der Waals surface area (Å²) in [7, 11) is 2.97. The van der Waals surface area contributed by atoms with Crippen LogP contribution < -0.4 is 0 Å². The molecule has 0 fully saturated rings. The third-order valence-corrected chi connectivity index (χ3v) is 2.51. The predicted octanol–water partition coefficient (Wildman–Crippen LogP) is 1.40. The van der Waals surface area contributed by atoms with Crippen LogP contribution in [0, 0.1) is 0 Å². The monoisotopic (exact) mass is 239 g/mol. The molecule has 0 radical (unpaired) electrons. The van der Waals surface area contributed by atoms with E-state index in [2.05, 4.69) is 4.74 Å². The van der Waals surface area contributed by atoms with Gasteiger partial charge in [-0.1, -0.05) is 0 Å². The van der Waals surface area contributed by atoms with Gasteiger partial charge in [-0.05, 0) is 18.6 Å². The first-order valence-electron chi connectivity index (χ1n) is 5.42. The molecule has 0 aliphatic carbocycles. The van der Waals surface area contributed by atoms with Crippen molar-refractivity contribution >= 4 is 12.3 Å². The maximum atomic E-state index is 11.0. The van der Waals surface area contributed by atoms with Gasteiger partial charge in [-0.25, -0.2) is 0 Å². The van der Waals surface area contributed by atoms with Crippen LogP contribution in [0.5, 0.6) is 0 Å². The van der Waals surface area contributed by atoms with Crippen LogP contribution in [-0.4, -0.2) is 31.0 Å². The van der Waals surface area contributed by atoms with E-state index in [1.54, 1.807) is 13.2 Å². The number of aldehydes is 1. The van der Waals surface area contributed by atoms with Crippen LogP contribution in [0.1, 0.15) is 29.0 Å². The molecule has 94 valence electrons. The minimum absolute atomic E-state index is 0.238. The van der Waals surface area contributed by atoms with Gasteiger partial charge >= 0.3 is 5.97 Å². The van der Waals surface area contributed by atoms with E-state index in [0.29, 0.717) is 31.7 Å². The molecule has 0 amide bonds. The Morgan fingerprint density at radius 3 is 2.76 bits per heavy atom. The summed E-state index contributed by atoms with van der Waals surface area (Å²) in [5, 5.41) is 0. The lowest BCUT2D eigenvalue weighted by Crippen LogP contribution is -2.09. The first-order chi connectivity index (χ1) is 8.22. The Morgan fingerprint density at radius 1 is 1.41 bits per heavy atom. The van der Waals surface area contributed by atoms with Crippen LogP contribution in [0.3, 0.4) is 0 Å². The molecule has 0 aromatic carbocycles. The van der Waals surface area contributed by atoms with Crippen molar-refractivity contribution in [2.24, 2.45) is 0 Å². The summed E-state index contributed by atoms with van der Waals surface area (Å²) in [6.07, 6.45) is 1.79. The number of hydrogen-bond acceptors (Lipinski definition) is 4. The first-order valence-corrected chi connectivity index (χ1v) is 5.42. The fraction of sp³-hybridized carbons (Fsp3) is 0.500. The zero-order chi connectivity index (χ0) is 12.7. The fourth-order valence-corrected chi connectivity index (χ4v) is 1.66. The summed E-state index contributed by atoms with van der Waals surface area (Å²) in [5.41, 5.74) is 1.53. The topological polar surface area (TPSA) is 57.5 Å². The van der Waals surface area contributed by atoms with E-state index < -0.39 is 0 Å². The molecule has 0 saturated heterocycles. The molecule has 5 heteroatoms. The van der Waals surface area contributed by atoms with Gasteiger partial charge in [0.25, 0.3) is 0 Å². The van der Waals surface area contributed by atoms with Crippen molar-refractivity contribution in [2.75, 3.05) is 14.2 Å². The molecular weight excluding hydrogens is 222 g/mol. The SMILES string of the molecule is COCc1ccc(C=O)n1CCCC(=O)OC. The zero-order valence-corrected chi connectivity index (χ0v) is 10.1. The second-order valence-corrected chi connectivity index (χ2v) is 3.63. The smallest absolute Gasteiger partial charge is 0.305 e. The lowest BCUT2D eigenvalue weighted by Gasteiger charge is -2.10. The lowest BCUT2D eigenvalue weighted by atomic mass is 10.3. The van der Waals surface area contributed by atoms with E-state index in [4.69, 9.17) is 4.74 Å². The highest BCUT2D eigenvalue weighted by Crippen LogP contribution is 2.11. The number of esters is 1. The van der Waals surface area contributed by atoms with Gasteiger partial charge < -0.3 is 14.0 Å². The van der Waals surface area contributed by atoms with E-state index >= 15 is 0 Å². The molecular formula is C12H17NO4. The van der Waals surface area contributed by atoms with Crippen molar-refractivity contribution in [2.45, 2.75) is 26.0 Å². The van der Waals surface area contributed by atoms with Crippen molar-refractivity contribution in [1.29, 1.82) is 0 Å². The third kappa shape index (κ3) is 3.71. The summed E-state index contributed by atoms with van der Waals surface area (Å²) in [5.74, 6) is -0.238. The van der Waals surface area contributed by atoms with E-state index in [1.165, 1.54) is 7.11 Å². The zero-order valence-electron chi connectivity index (χ0n) is 10.1. The molecule has 0 bridgehead atoms. The number of ether oxygens (including phenoxy) is 2. The van der Waals surface area contributed by atoms with Gasteiger partial charge in [0, 0.05) is 25.8 Å². The number of aromatic nitrogens is 1. The highest BCUT2D eigenvalue weighted by atomic mass is 16.5. The minimum atomic E-state index is -0.238. The van der Waals surface area contributed by atoms with Gasteiger partial charge in [0.2, 0.25) is 0 Å². The maximum absolute atomic E-state index is 11.0. The van der Waals surface area contributed by atoms with Gasteiger partial charge in [-0.2, -0.15) is 0 Å². The largest absolute Gasteiger partial charge is 0.469 e. The van der Waals surface area contributed by atoms with Crippen LogP contribution in [0.2, 0.25) is 0 Å². The predicted molar refractivity (Wildman–Crippen MR) is 61.8 cm³/mol. The van der Waals surface area contributed by atoms with Gasteiger partial charge in [-0.15, -0.1) is 0 Å². The van der Waals surface area contributed by atoms with Crippen molar-refractivity contribution in [3.63, 3.8) is 0 Å². The molecule has 0 atom stereocenters. The van der Waals surface area contributed by atoms with E-state index in [9.17, 15) is 9.59 Å². The minimum Gasteiger partial charge on any atom is -0.469 e. The van der Waals surface area contributed by atoms with Crippen molar-refractivity contribution < 1.29 is 19.1 Å². The first kappa shape index (κ1) is 13.4. The van der Waals surface area contributed by atoms with Crippen LogP contribution in [-0.2, 0) is 27.4 Å². The molecule has 0 aliphatic heterocycles. The summed E-state index contributed by atoms with van der Waals surface area (Å²) in [4.78, 5) is 21.8. The average Bonchev–Trinajstić information content (AvgIpc) is 2.72. The molecule has 0 spiro atoms. The standard InChI is InChI=1S/C12H17NO4/c1-16-9-11-6-5-10(8-14)13(11)7-3-4-12(15)17-2/h5-6,8H,3-4,7,9H2,1-2H3. The normalized spacial score (nSPS) is 10.2. The van der Waals surface area contributed by atoms with Crippen molar-refractivity contribution in [3.8, 4) is 0 Å². The number of carbonyl (C=O) groups is 2. The number of methoxy groups -OCH3 is 2. The second-order valence-electron chi connectivity index (χ2n) is 3.63. The van der Waals surface area contributed by atoms with Crippen molar-refractivity contribution in [1.82, 2.24) is 4.57 Å². The Balaban J connectivity index is 2.63. The molecule has 0 aliphatic rings. The molecule has 17 heavy (non-hydrogen) atoms. The number of nitrogens with zero attached hydrogens (tertiary/aromatic N) is 1. The Morgan fingerprint density at radius 2 is 2.18 bits per heavy atom. The summed E-state index contributed by atoms with van der Waals surface area (Å²) < 4.78 is 11.5. The Labute approximate surface area is 100 Å². The quantitative estimate of drug-likeness (QED) is 0.533. The summed E-state index contributed by atoms with van der Waals surface area (Å²) >= 11 is 0.